The quantitative estimate of drug-likeness (QED) is 0.107. The number of anilines is 2. The predicted octanol–water partition coefficient (Wildman–Crippen LogP) is 6.66. The van der Waals surface area contributed by atoms with E-state index >= 15 is 0 Å². The minimum Gasteiger partial charge on any atom is -0.491 e. The molecule has 298 valence electrons. The number of fused-ring (bicyclic) bond motifs is 2. The molecule has 5 aromatic rings. The Morgan fingerprint density at radius 1 is 1.04 bits per heavy atom. The first kappa shape index (κ1) is 39.1. The zero-order valence-electron chi connectivity index (χ0n) is 33.4. The van der Waals surface area contributed by atoms with E-state index in [1.807, 2.05) is 86.8 Å². The van der Waals surface area contributed by atoms with E-state index in [1.54, 1.807) is 24.3 Å². The van der Waals surface area contributed by atoms with Crippen molar-refractivity contribution in [1.29, 1.82) is 5.26 Å². The molecule has 3 atom stereocenters. The number of benzene rings is 2. The third kappa shape index (κ3) is 8.36. The number of aromatic nitrogens is 5. The van der Waals surface area contributed by atoms with E-state index in [-0.39, 0.29) is 18.4 Å². The van der Waals surface area contributed by atoms with Crippen LogP contribution in [0.5, 0.6) is 11.5 Å². The number of rotatable bonds is 12. The van der Waals surface area contributed by atoms with Crippen LogP contribution in [0.25, 0.3) is 11.3 Å². The summed E-state index contributed by atoms with van der Waals surface area (Å²) in [5.74, 6) is 2.08. The van der Waals surface area contributed by atoms with E-state index in [0.29, 0.717) is 60.5 Å². The van der Waals surface area contributed by atoms with Crippen LogP contribution in [0.2, 0.25) is 0 Å². The fraction of sp³-hybridized carbons (Fsp3) is 0.429. The molecule has 15 heteroatoms. The van der Waals surface area contributed by atoms with Crippen molar-refractivity contribution >= 4 is 29.9 Å². The van der Waals surface area contributed by atoms with Crippen molar-refractivity contribution in [3.8, 4) is 23.3 Å². The van der Waals surface area contributed by atoms with Gasteiger partial charge in [-0.15, -0.1) is 15.3 Å². The maximum Gasteiger partial charge on any atom is 0.357 e. The van der Waals surface area contributed by atoms with Crippen LogP contribution < -0.4 is 24.8 Å². The standard InChI is InChI=1S/C42H50N10O5/c1-28-11-9-10-20-49(28)40-46-45-38-19-16-31(26-50(38)40)57-35-18-17-34(32-12-7-8-13-33(32)35)44-41(54)52(56-27-53)39-24-37(42(2,3)4)47-51(39)30-15-14-29(25-43)36(23-30)55-22-21-48(5)6/h7-8,12-16,19,23-24,26-28,34-35H,9-11,17-18,20-22H2,1-6H3,(H,44,54)/t28-,34-,35+/m0/s1. The van der Waals surface area contributed by atoms with Gasteiger partial charge in [-0.05, 0) is 88.5 Å². The molecular weight excluding hydrogens is 725 g/mol. The van der Waals surface area contributed by atoms with Gasteiger partial charge in [0.05, 0.1) is 29.2 Å². The fourth-order valence-corrected chi connectivity index (χ4v) is 7.43. The highest BCUT2D eigenvalue weighted by Gasteiger charge is 2.34. The molecule has 1 saturated heterocycles. The van der Waals surface area contributed by atoms with Crippen LogP contribution in [-0.2, 0) is 15.0 Å². The highest BCUT2D eigenvalue weighted by Crippen LogP contribution is 2.40. The van der Waals surface area contributed by atoms with E-state index in [4.69, 9.17) is 19.4 Å². The SMILES string of the molecule is C[C@H]1CCCCN1c1nnc2ccc(O[C@@H]3CC[C@H](NC(=O)N(OC=O)c4cc(C(C)(C)C)nn4-c4ccc(C#N)c(OCCN(C)C)c4)c4ccccc43)cn12. The van der Waals surface area contributed by atoms with E-state index in [9.17, 15) is 14.9 Å². The summed E-state index contributed by atoms with van der Waals surface area (Å²) in [5, 5.41) is 27.6. The van der Waals surface area contributed by atoms with Crippen molar-refractivity contribution in [1.82, 2.24) is 34.6 Å². The third-order valence-corrected chi connectivity index (χ3v) is 10.6. The van der Waals surface area contributed by atoms with Crippen LogP contribution in [0.4, 0.5) is 16.6 Å². The first-order valence-electron chi connectivity index (χ1n) is 19.5. The summed E-state index contributed by atoms with van der Waals surface area (Å²) >= 11 is 0. The molecule has 0 saturated carbocycles. The van der Waals surface area contributed by atoms with Crippen molar-refractivity contribution in [3.05, 3.63) is 89.2 Å². The Bertz CT molecular complexity index is 2270. The Labute approximate surface area is 332 Å². The molecular formula is C42H50N10O5. The van der Waals surface area contributed by atoms with Crippen LogP contribution in [0.15, 0.2) is 66.9 Å². The average molecular weight is 775 g/mol. The maximum atomic E-state index is 14.3. The first-order chi connectivity index (χ1) is 27.4. The molecule has 1 aliphatic heterocycles. The number of hydrogen-bond acceptors (Lipinski definition) is 11. The number of carbonyl (C=O) groups is 2. The van der Waals surface area contributed by atoms with Gasteiger partial charge in [-0.25, -0.2) is 9.48 Å². The number of carbonyl (C=O) groups excluding carboxylic acids is 2. The van der Waals surface area contributed by atoms with Gasteiger partial charge in [0.1, 0.15) is 30.3 Å². The second-order valence-electron chi connectivity index (χ2n) is 15.9. The third-order valence-electron chi connectivity index (χ3n) is 10.6. The number of hydrogen-bond donors (Lipinski definition) is 1. The van der Waals surface area contributed by atoms with E-state index in [0.717, 1.165) is 47.2 Å². The monoisotopic (exact) mass is 774 g/mol. The Morgan fingerprint density at radius 2 is 1.84 bits per heavy atom. The second kappa shape index (κ2) is 16.5. The largest absolute Gasteiger partial charge is 0.491 e. The minimum atomic E-state index is -0.656. The lowest BCUT2D eigenvalue weighted by molar-refractivity contribution is -0.129. The zero-order valence-corrected chi connectivity index (χ0v) is 33.4. The Hall–Kier alpha value is -6.14. The smallest absolute Gasteiger partial charge is 0.357 e. The molecule has 4 heterocycles. The van der Waals surface area contributed by atoms with Gasteiger partial charge in [0.2, 0.25) is 5.95 Å². The van der Waals surface area contributed by atoms with Crippen molar-refractivity contribution in [3.63, 3.8) is 0 Å². The highest BCUT2D eigenvalue weighted by atomic mass is 16.7. The van der Waals surface area contributed by atoms with Gasteiger partial charge in [-0.3, -0.25) is 9.20 Å². The molecule has 2 aromatic carbocycles. The fourth-order valence-electron chi connectivity index (χ4n) is 7.43. The lowest BCUT2D eigenvalue weighted by Gasteiger charge is -2.34. The summed E-state index contributed by atoms with van der Waals surface area (Å²) in [6.45, 7) is 10.4. The number of amides is 2. The van der Waals surface area contributed by atoms with Crippen LogP contribution in [0.1, 0.15) is 94.3 Å². The van der Waals surface area contributed by atoms with Crippen molar-refractivity contribution in [2.45, 2.75) is 83.4 Å². The number of ether oxygens (including phenoxy) is 2. The van der Waals surface area contributed by atoms with Gasteiger partial charge in [0.25, 0.3) is 0 Å². The summed E-state index contributed by atoms with van der Waals surface area (Å²) in [5.41, 5.74) is 3.70. The minimum absolute atomic E-state index is 0.196. The van der Waals surface area contributed by atoms with Crippen LogP contribution >= 0.6 is 0 Å². The lowest BCUT2D eigenvalue weighted by Crippen LogP contribution is -2.43. The summed E-state index contributed by atoms with van der Waals surface area (Å²) < 4.78 is 16.2. The number of nitrogens with zero attached hydrogens (tertiary/aromatic N) is 9. The van der Waals surface area contributed by atoms with Crippen molar-refractivity contribution < 1.29 is 23.9 Å². The molecule has 3 aromatic heterocycles. The number of pyridine rings is 1. The molecule has 7 rings (SSSR count). The first-order valence-corrected chi connectivity index (χ1v) is 19.5. The van der Waals surface area contributed by atoms with E-state index in [2.05, 4.69) is 33.4 Å². The van der Waals surface area contributed by atoms with Crippen LogP contribution in [0, 0.1) is 11.3 Å². The molecule has 2 aliphatic rings. The number of nitriles is 1. The van der Waals surface area contributed by atoms with Gasteiger partial charge in [-0.2, -0.15) is 10.4 Å². The normalized spacial score (nSPS) is 18.1. The Balaban J connectivity index is 1.14. The van der Waals surface area contributed by atoms with Gasteiger partial charge < -0.3 is 29.4 Å². The van der Waals surface area contributed by atoms with Gasteiger partial charge in [0, 0.05) is 36.7 Å². The Kier molecular flexibility index (Phi) is 11.3. The topological polar surface area (TPSA) is 155 Å². The Morgan fingerprint density at radius 3 is 2.58 bits per heavy atom. The van der Waals surface area contributed by atoms with Crippen molar-refractivity contribution in [2.75, 3.05) is 43.8 Å². The molecule has 0 spiro atoms. The molecule has 1 aliphatic carbocycles. The molecule has 0 bridgehead atoms. The summed E-state index contributed by atoms with van der Waals surface area (Å²) in [7, 11) is 3.87. The number of urea groups is 1. The molecule has 2 amide bonds. The van der Waals surface area contributed by atoms with Crippen LogP contribution in [0.3, 0.4) is 0 Å². The molecule has 57 heavy (non-hydrogen) atoms. The highest BCUT2D eigenvalue weighted by molar-refractivity contribution is 5.90. The molecule has 15 nitrogen and oxygen atoms in total. The number of nitrogens with one attached hydrogen (secondary N) is 1. The lowest BCUT2D eigenvalue weighted by atomic mass is 9.85. The van der Waals surface area contributed by atoms with Crippen molar-refractivity contribution in [2.24, 2.45) is 0 Å². The van der Waals surface area contributed by atoms with Crippen LogP contribution in [-0.4, -0.2) is 81.6 Å². The molecule has 0 unspecified atom stereocenters. The summed E-state index contributed by atoms with van der Waals surface area (Å²) in [6, 6.07) is 20.0. The van der Waals surface area contributed by atoms with Gasteiger partial charge in [-0.1, -0.05) is 45.0 Å². The van der Waals surface area contributed by atoms with Gasteiger partial charge in [0.15, 0.2) is 11.5 Å². The molecule has 0 radical (unpaired) electrons. The summed E-state index contributed by atoms with van der Waals surface area (Å²) in [4.78, 5) is 35.9. The molecule has 1 fully saturated rings. The molecule has 1 N–H and O–H groups in total. The average Bonchev–Trinajstić information content (AvgIpc) is 3.83. The van der Waals surface area contributed by atoms with E-state index < -0.39 is 17.5 Å². The maximum absolute atomic E-state index is 14.3. The summed E-state index contributed by atoms with van der Waals surface area (Å²) in [6.07, 6.45) is 6.31. The number of likely N-dealkylation sites (N-methyl/N-ethyl adjacent to an activating group) is 1. The second-order valence-corrected chi connectivity index (χ2v) is 15.9. The zero-order chi connectivity index (χ0) is 40.3. The number of piperidine rings is 1. The number of hydroxylamine groups is 1. The van der Waals surface area contributed by atoms with E-state index in [1.165, 1.54) is 11.1 Å². The van der Waals surface area contributed by atoms with Gasteiger partial charge >= 0.3 is 12.5 Å². The predicted molar refractivity (Wildman–Crippen MR) is 215 cm³/mol.